The molecule has 4 saturated carbocycles. The van der Waals surface area contributed by atoms with Gasteiger partial charge in [0.05, 0.1) is 44.2 Å². The molecule has 2 aliphatic heterocycles. The highest BCUT2D eigenvalue weighted by Gasteiger charge is 2.72. The number of aliphatic hydroxyl groups excluding tert-OH is 9. The van der Waals surface area contributed by atoms with Crippen LogP contribution >= 0.6 is 0 Å². The molecule has 0 amide bonds. The summed E-state index contributed by atoms with van der Waals surface area (Å²) in [5.74, 6) is 0.0264. The first-order valence-electron chi connectivity index (χ1n) is 21.4. The Labute approximate surface area is 337 Å². The SMILES string of the molecule is CO[C@@H]1C=C2[C@@H]3CC(C)(C)CC[C@]3(CO)C(O)C[C@@]2(C)[C@]2(C)CC[C@H]3[C@](C)(CO)[C@@H](O[C@@H]4O[C@H](C)[C@H](O)[C@H](O[C@@H]5O[C@H](CO)[C@@H](O)[C@H](O)[C@H]5O)[C@H]4O)CC[C@]3(C)[C@@H]12. The number of hydrogen-bond acceptors (Lipinski definition) is 14. The second kappa shape index (κ2) is 15.2. The van der Waals surface area contributed by atoms with E-state index >= 15 is 0 Å². The Morgan fingerprint density at radius 2 is 1.42 bits per heavy atom. The lowest BCUT2D eigenvalue weighted by molar-refractivity contribution is -0.368. The highest BCUT2D eigenvalue weighted by molar-refractivity contribution is 5.37. The van der Waals surface area contributed by atoms with Gasteiger partial charge in [-0.15, -0.1) is 0 Å². The maximum Gasteiger partial charge on any atom is 0.187 e. The third-order valence-corrected chi connectivity index (χ3v) is 17.7. The maximum atomic E-state index is 12.1. The van der Waals surface area contributed by atoms with Gasteiger partial charge in [0, 0.05) is 23.9 Å². The fraction of sp³-hybridized carbons (Fsp3) is 0.953. The summed E-state index contributed by atoms with van der Waals surface area (Å²) in [6.45, 7) is 14.4. The zero-order chi connectivity index (χ0) is 41.8. The van der Waals surface area contributed by atoms with Gasteiger partial charge in [-0.2, -0.15) is 0 Å². The second-order valence-corrected chi connectivity index (χ2v) is 21.0. The van der Waals surface area contributed by atoms with Gasteiger partial charge in [0.1, 0.15) is 42.7 Å². The van der Waals surface area contributed by atoms with Crippen molar-refractivity contribution >= 4 is 0 Å². The molecule has 1 unspecified atom stereocenters. The molecule has 0 aromatic rings. The normalized spacial score (nSPS) is 56.1. The topological polar surface area (TPSA) is 228 Å². The van der Waals surface area contributed by atoms with Gasteiger partial charge in [0.2, 0.25) is 0 Å². The van der Waals surface area contributed by atoms with Crippen LogP contribution in [0.15, 0.2) is 11.6 Å². The predicted molar refractivity (Wildman–Crippen MR) is 205 cm³/mol. The number of aliphatic hydroxyl groups is 9. The van der Waals surface area contributed by atoms with Crippen molar-refractivity contribution in [2.75, 3.05) is 26.9 Å². The van der Waals surface area contributed by atoms with Gasteiger partial charge in [-0.25, -0.2) is 0 Å². The fourth-order valence-electron chi connectivity index (χ4n) is 14.0. The summed E-state index contributed by atoms with van der Waals surface area (Å²) in [6.07, 6.45) is -7.49. The van der Waals surface area contributed by atoms with Crippen LogP contribution in [0.5, 0.6) is 0 Å². The average molecular weight is 813 g/mol. The van der Waals surface area contributed by atoms with Gasteiger partial charge in [0.25, 0.3) is 0 Å². The molecule has 9 N–H and O–H groups in total. The number of rotatable bonds is 8. The van der Waals surface area contributed by atoms with E-state index in [9.17, 15) is 46.0 Å². The van der Waals surface area contributed by atoms with E-state index in [4.69, 9.17) is 23.7 Å². The van der Waals surface area contributed by atoms with Gasteiger partial charge in [0.15, 0.2) is 12.6 Å². The number of fused-ring (bicyclic) bond motifs is 7. The summed E-state index contributed by atoms with van der Waals surface area (Å²) in [4.78, 5) is 0. The molecule has 0 spiro atoms. The molecule has 0 aromatic carbocycles. The Morgan fingerprint density at radius 3 is 2.05 bits per heavy atom. The van der Waals surface area contributed by atoms with Crippen LogP contribution < -0.4 is 0 Å². The van der Waals surface area contributed by atoms with Crippen molar-refractivity contribution in [1.29, 1.82) is 0 Å². The van der Waals surface area contributed by atoms with Crippen LogP contribution in [-0.2, 0) is 23.7 Å². The Bertz CT molecular complexity index is 1490. The summed E-state index contributed by atoms with van der Waals surface area (Å²) in [5.41, 5.74) is -0.934. The van der Waals surface area contributed by atoms with E-state index in [1.54, 1.807) is 14.0 Å². The third kappa shape index (κ3) is 6.48. The molecule has 0 aromatic heterocycles. The quantitative estimate of drug-likeness (QED) is 0.125. The number of hydrogen-bond donors (Lipinski definition) is 9. The Morgan fingerprint density at radius 1 is 0.737 bits per heavy atom. The Kier molecular flexibility index (Phi) is 11.8. The van der Waals surface area contributed by atoms with Crippen LogP contribution in [0, 0.1) is 50.2 Å². The van der Waals surface area contributed by atoms with Crippen LogP contribution in [0.25, 0.3) is 0 Å². The molecule has 7 aliphatic rings. The van der Waals surface area contributed by atoms with E-state index in [-0.39, 0.29) is 58.7 Å². The summed E-state index contributed by atoms with van der Waals surface area (Å²) in [7, 11) is 1.78. The average Bonchev–Trinajstić information content (AvgIpc) is 3.16. The molecule has 14 nitrogen and oxygen atoms in total. The highest BCUT2D eigenvalue weighted by Crippen LogP contribution is 2.76. The van der Waals surface area contributed by atoms with Crippen molar-refractivity contribution in [3.63, 3.8) is 0 Å². The van der Waals surface area contributed by atoms with Crippen molar-refractivity contribution in [2.45, 2.75) is 180 Å². The zero-order valence-corrected chi connectivity index (χ0v) is 35.2. The molecule has 57 heavy (non-hydrogen) atoms. The van der Waals surface area contributed by atoms with Gasteiger partial charge in [-0.1, -0.05) is 53.2 Å². The number of methoxy groups -OCH3 is 1. The first kappa shape index (κ1) is 44.2. The summed E-state index contributed by atoms with van der Waals surface area (Å²) in [5, 5.41) is 98.1. The molecule has 6 fully saturated rings. The monoisotopic (exact) mass is 812 g/mol. The first-order valence-corrected chi connectivity index (χ1v) is 21.4. The standard InChI is InChI=1S/C43H72O14/c1-21-29(48)34(57-36-32(51)31(50)30(49)25(18-44)55-36)33(52)37(54-21)56-28-10-11-39(4)26(40(28,5)19-45)9-12-41(6)35(39)24(53-8)15-22-23-16-38(2,3)13-14-43(23,20-46)27(47)17-42(22,41)7/h15,21,23-37,44-52H,9-14,16-20H2,1-8H3/t21-,23+,24-,25-,26-,27?,28+,29+,30-,31+,32-,33-,34+,35-,36+,37+,39+,40+,41-,42-,43-/m1/s1. The van der Waals surface area contributed by atoms with Crippen LogP contribution in [0.4, 0.5) is 0 Å². The van der Waals surface area contributed by atoms with Gasteiger partial charge < -0.3 is 69.6 Å². The van der Waals surface area contributed by atoms with E-state index in [1.165, 1.54) is 5.57 Å². The lowest BCUT2D eigenvalue weighted by atomic mass is 9.32. The molecule has 5 aliphatic carbocycles. The number of ether oxygens (including phenoxy) is 5. The highest BCUT2D eigenvalue weighted by atomic mass is 16.7. The summed E-state index contributed by atoms with van der Waals surface area (Å²) < 4.78 is 30.6. The minimum atomic E-state index is -1.74. The lowest BCUT2D eigenvalue weighted by Gasteiger charge is -2.73. The maximum absolute atomic E-state index is 12.1. The molecular formula is C43H72O14. The zero-order valence-electron chi connectivity index (χ0n) is 35.2. The van der Waals surface area contributed by atoms with Crippen LogP contribution in [-0.4, -0.2) is 153 Å². The Balaban J connectivity index is 1.17. The van der Waals surface area contributed by atoms with Crippen LogP contribution in [0.3, 0.4) is 0 Å². The molecule has 21 atom stereocenters. The van der Waals surface area contributed by atoms with Gasteiger partial charge in [-0.3, -0.25) is 0 Å². The van der Waals surface area contributed by atoms with Crippen LogP contribution in [0.1, 0.15) is 99.8 Å². The minimum absolute atomic E-state index is 0.0303. The Hall–Kier alpha value is -0.820. The van der Waals surface area contributed by atoms with Crippen molar-refractivity contribution < 1.29 is 69.6 Å². The van der Waals surface area contributed by atoms with Crippen molar-refractivity contribution in [1.82, 2.24) is 0 Å². The molecule has 2 heterocycles. The van der Waals surface area contributed by atoms with E-state index < -0.39 is 91.1 Å². The number of allylic oxidation sites excluding steroid dienone is 1. The van der Waals surface area contributed by atoms with E-state index in [0.717, 1.165) is 38.5 Å². The molecular weight excluding hydrogens is 740 g/mol. The van der Waals surface area contributed by atoms with E-state index in [1.807, 2.05) is 6.92 Å². The molecule has 7 rings (SSSR count). The molecule has 328 valence electrons. The van der Waals surface area contributed by atoms with Crippen molar-refractivity contribution in [3.8, 4) is 0 Å². The molecule has 0 bridgehead atoms. The molecule has 14 heteroatoms. The third-order valence-electron chi connectivity index (χ3n) is 17.7. The summed E-state index contributed by atoms with van der Waals surface area (Å²) >= 11 is 0. The van der Waals surface area contributed by atoms with E-state index in [0.29, 0.717) is 12.8 Å². The smallest absolute Gasteiger partial charge is 0.187 e. The van der Waals surface area contributed by atoms with Crippen molar-refractivity contribution in [2.24, 2.45) is 50.2 Å². The minimum Gasteiger partial charge on any atom is -0.396 e. The fourth-order valence-corrected chi connectivity index (χ4v) is 14.0. The van der Waals surface area contributed by atoms with Gasteiger partial charge in [-0.05, 0) is 91.8 Å². The van der Waals surface area contributed by atoms with E-state index in [2.05, 4.69) is 40.7 Å². The molecule has 0 radical (unpaired) electrons. The summed E-state index contributed by atoms with van der Waals surface area (Å²) in [6, 6.07) is 0. The lowest BCUT2D eigenvalue weighted by Crippen LogP contribution is -2.70. The largest absolute Gasteiger partial charge is 0.396 e. The first-order chi connectivity index (χ1) is 26.6. The van der Waals surface area contributed by atoms with Gasteiger partial charge >= 0.3 is 0 Å². The van der Waals surface area contributed by atoms with Crippen molar-refractivity contribution in [3.05, 3.63) is 11.6 Å². The predicted octanol–water partition coefficient (Wildman–Crippen LogP) is 1.39. The second-order valence-electron chi connectivity index (χ2n) is 21.0. The molecule has 2 saturated heterocycles. The van der Waals surface area contributed by atoms with Crippen LogP contribution in [0.2, 0.25) is 0 Å².